The number of nitrogens with one attached hydrogen (secondary N) is 1. The third kappa shape index (κ3) is 6.52. The average Bonchev–Trinajstić information content (AvgIpc) is 2.80. The molecule has 0 bridgehead atoms. The van der Waals surface area contributed by atoms with Crippen molar-refractivity contribution in [2.24, 2.45) is 5.92 Å². The number of carbonyl (C=O) groups is 1. The van der Waals surface area contributed by atoms with Crippen LogP contribution < -0.4 is 14.5 Å². The summed E-state index contributed by atoms with van der Waals surface area (Å²) >= 11 is 0. The van der Waals surface area contributed by atoms with Crippen LogP contribution in [0.3, 0.4) is 0 Å². The van der Waals surface area contributed by atoms with Crippen LogP contribution in [-0.2, 0) is 27.3 Å². The predicted octanol–water partition coefficient (Wildman–Crippen LogP) is 4.99. The Morgan fingerprint density at radius 2 is 1.83 bits per heavy atom. The summed E-state index contributed by atoms with van der Waals surface area (Å²) in [5, 5.41) is 2.84. The van der Waals surface area contributed by atoms with Crippen molar-refractivity contribution in [3.63, 3.8) is 0 Å². The summed E-state index contributed by atoms with van der Waals surface area (Å²) in [5.74, 6) is -4.23. The van der Waals surface area contributed by atoms with Crippen LogP contribution in [0.2, 0.25) is 0 Å². The summed E-state index contributed by atoms with van der Waals surface area (Å²) < 4.78 is 66.9. The molecule has 2 aromatic rings. The smallest absolute Gasteiger partial charge is 0.270 e. The van der Waals surface area contributed by atoms with Gasteiger partial charge in [-0.1, -0.05) is 25.1 Å². The van der Waals surface area contributed by atoms with Gasteiger partial charge in [-0.05, 0) is 55.0 Å². The van der Waals surface area contributed by atoms with Crippen LogP contribution in [0.4, 0.5) is 24.5 Å². The molecule has 10 heteroatoms. The first-order valence-corrected chi connectivity index (χ1v) is 13.8. The number of sulfonamides is 1. The van der Waals surface area contributed by atoms with Gasteiger partial charge in [0.2, 0.25) is 15.9 Å². The van der Waals surface area contributed by atoms with Crippen molar-refractivity contribution < 1.29 is 26.4 Å². The van der Waals surface area contributed by atoms with Gasteiger partial charge in [-0.15, -0.1) is 0 Å². The molecule has 198 valence electrons. The molecule has 1 heterocycles. The fourth-order valence-corrected chi connectivity index (χ4v) is 4.75. The van der Waals surface area contributed by atoms with Crippen molar-refractivity contribution in [3.8, 4) is 0 Å². The van der Waals surface area contributed by atoms with Gasteiger partial charge in [0.25, 0.3) is 5.92 Å². The molecule has 1 N–H and O–H groups in total. The average molecular weight is 526 g/mol. The van der Waals surface area contributed by atoms with E-state index in [1.54, 1.807) is 13.0 Å². The highest BCUT2D eigenvalue weighted by Gasteiger charge is 2.27. The van der Waals surface area contributed by atoms with Gasteiger partial charge < -0.3 is 10.2 Å². The largest absolute Gasteiger partial charge is 0.371 e. The predicted molar refractivity (Wildman–Crippen MR) is 137 cm³/mol. The summed E-state index contributed by atoms with van der Waals surface area (Å²) in [5.41, 5.74) is 1.63. The zero-order chi connectivity index (χ0) is 26.8. The molecule has 0 aliphatic carbocycles. The number of rotatable bonds is 8. The fourth-order valence-electron chi connectivity index (χ4n) is 4.24. The highest BCUT2D eigenvalue weighted by atomic mass is 32.2. The quantitative estimate of drug-likeness (QED) is 0.527. The van der Waals surface area contributed by atoms with E-state index in [1.165, 1.54) is 31.3 Å². The second-order valence-corrected chi connectivity index (χ2v) is 11.8. The molecule has 0 saturated carbocycles. The van der Waals surface area contributed by atoms with Crippen molar-refractivity contribution >= 4 is 27.3 Å². The maximum Gasteiger partial charge on any atom is 0.270 e. The monoisotopic (exact) mass is 525 g/mol. The minimum absolute atomic E-state index is 0.0748. The second kappa shape index (κ2) is 10.7. The van der Waals surface area contributed by atoms with E-state index in [0.29, 0.717) is 17.2 Å². The molecule has 2 aromatic carbocycles. The SMILES string of the molecule is CC1CCN(c2cc(C(C)(F)F)ccc2CNC(=O)C(C)c2ccc(N(C)S(C)(=O)=O)c(F)c2)CC1. The first-order chi connectivity index (χ1) is 16.7. The zero-order valence-electron chi connectivity index (χ0n) is 21.3. The van der Waals surface area contributed by atoms with Gasteiger partial charge in [0.1, 0.15) is 5.82 Å². The maximum atomic E-state index is 14.6. The Hall–Kier alpha value is -2.75. The molecular formula is C26H34F3N3O3S. The second-order valence-electron chi connectivity index (χ2n) is 9.78. The molecule has 36 heavy (non-hydrogen) atoms. The van der Waals surface area contributed by atoms with Crippen molar-refractivity contribution in [2.75, 3.05) is 35.6 Å². The molecule has 6 nitrogen and oxygen atoms in total. The maximum absolute atomic E-state index is 14.6. The van der Waals surface area contributed by atoms with Gasteiger partial charge in [0.05, 0.1) is 17.9 Å². The summed E-state index contributed by atoms with van der Waals surface area (Å²) in [6.07, 6.45) is 2.90. The van der Waals surface area contributed by atoms with Crippen LogP contribution in [0.15, 0.2) is 36.4 Å². The third-order valence-corrected chi connectivity index (χ3v) is 8.06. The van der Waals surface area contributed by atoms with Gasteiger partial charge in [-0.2, -0.15) is 0 Å². The lowest BCUT2D eigenvalue weighted by Gasteiger charge is -2.34. The van der Waals surface area contributed by atoms with Gasteiger partial charge in [-0.25, -0.2) is 21.6 Å². The molecule has 1 aliphatic heterocycles. The van der Waals surface area contributed by atoms with E-state index in [1.807, 2.05) is 0 Å². The lowest BCUT2D eigenvalue weighted by Crippen LogP contribution is -2.35. The van der Waals surface area contributed by atoms with E-state index >= 15 is 0 Å². The Bertz CT molecular complexity index is 1210. The first kappa shape index (κ1) is 27.8. The Balaban J connectivity index is 1.77. The molecule has 1 aliphatic rings. The number of halogens is 3. The van der Waals surface area contributed by atoms with Crippen molar-refractivity contribution in [2.45, 2.75) is 52.0 Å². The Morgan fingerprint density at radius 1 is 1.19 bits per heavy atom. The fraction of sp³-hybridized carbons (Fsp3) is 0.500. The molecule has 3 rings (SSSR count). The summed E-state index contributed by atoms with van der Waals surface area (Å²) in [6, 6.07) is 8.51. The van der Waals surface area contributed by atoms with Crippen LogP contribution in [0.1, 0.15) is 56.2 Å². The number of alkyl halides is 2. The van der Waals surface area contributed by atoms with Crippen molar-refractivity contribution in [3.05, 3.63) is 58.9 Å². The van der Waals surface area contributed by atoms with E-state index < -0.39 is 27.7 Å². The summed E-state index contributed by atoms with van der Waals surface area (Å²) in [7, 11) is -2.38. The van der Waals surface area contributed by atoms with Gasteiger partial charge in [-0.3, -0.25) is 9.10 Å². The topological polar surface area (TPSA) is 69.7 Å². The number of piperidine rings is 1. The minimum Gasteiger partial charge on any atom is -0.371 e. The Morgan fingerprint density at radius 3 is 2.39 bits per heavy atom. The highest BCUT2D eigenvalue weighted by Crippen LogP contribution is 2.34. The number of nitrogens with zero attached hydrogens (tertiary/aromatic N) is 2. The number of anilines is 2. The van der Waals surface area contributed by atoms with Crippen LogP contribution in [0, 0.1) is 11.7 Å². The number of hydrogen-bond donors (Lipinski definition) is 1. The van der Waals surface area contributed by atoms with E-state index in [4.69, 9.17) is 0 Å². The molecule has 1 unspecified atom stereocenters. The van der Waals surface area contributed by atoms with E-state index in [9.17, 15) is 26.4 Å². The summed E-state index contributed by atoms with van der Waals surface area (Å²) in [6.45, 7) is 6.31. The number of carbonyl (C=O) groups excluding carboxylic acids is 1. The van der Waals surface area contributed by atoms with E-state index in [2.05, 4.69) is 17.1 Å². The molecule has 1 saturated heterocycles. The van der Waals surface area contributed by atoms with E-state index in [0.717, 1.165) is 55.0 Å². The molecule has 1 fully saturated rings. The van der Waals surface area contributed by atoms with Gasteiger partial charge in [0, 0.05) is 44.9 Å². The molecule has 0 spiro atoms. The Labute approximate surface area is 211 Å². The number of amides is 1. The molecule has 1 amide bonds. The number of hydrogen-bond acceptors (Lipinski definition) is 4. The minimum atomic E-state index is -3.63. The molecular weight excluding hydrogens is 491 g/mol. The lowest BCUT2D eigenvalue weighted by atomic mass is 9.96. The molecule has 0 radical (unpaired) electrons. The van der Waals surface area contributed by atoms with Crippen molar-refractivity contribution in [1.82, 2.24) is 5.32 Å². The van der Waals surface area contributed by atoms with Gasteiger partial charge >= 0.3 is 0 Å². The third-order valence-electron chi connectivity index (χ3n) is 6.87. The van der Waals surface area contributed by atoms with Crippen LogP contribution in [-0.4, -0.2) is 40.7 Å². The van der Waals surface area contributed by atoms with E-state index in [-0.39, 0.29) is 23.7 Å². The van der Waals surface area contributed by atoms with Crippen LogP contribution in [0.5, 0.6) is 0 Å². The van der Waals surface area contributed by atoms with Gasteiger partial charge in [0.15, 0.2) is 0 Å². The van der Waals surface area contributed by atoms with Crippen molar-refractivity contribution in [1.29, 1.82) is 0 Å². The van der Waals surface area contributed by atoms with Crippen LogP contribution in [0.25, 0.3) is 0 Å². The number of benzene rings is 2. The first-order valence-electron chi connectivity index (χ1n) is 12.0. The normalized spacial score (nSPS) is 16.1. The summed E-state index contributed by atoms with van der Waals surface area (Å²) in [4.78, 5) is 15.0. The standard InChI is InChI=1S/C26H34F3N3O3S/c1-17-10-12-32(13-11-17)24-15-21(26(3,28)29)8-6-20(24)16-30-25(33)18(2)19-7-9-23(22(27)14-19)31(4)36(5,34)35/h6-9,14-15,17-18H,10-13,16H2,1-5H3,(H,30,33). The Kier molecular flexibility index (Phi) is 8.27. The lowest BCUT2D eigenvalue weighted by molar-refractivity contribution is -0.122. The molecule has 1 atom stereocenters. The zero-order valence-corrected chi connectivity index (χ0v) is 22.1. The van der Waals surface area contributed by atoms with Crippen LogP contribution >= 0.6 is 0 Å². The molecule has 0 aromatic heterocycles. The highest BCUT2D eigenvalue weighted by molar-refractivity contribution is 7.92.